The van der Waals surface area contributed by atoms with Gasteiger partial charge in [0.25, 0.3) is 0 Å². The Morgan fingerprint density at radius 3 is 3.06 bits per heavy atom. The summed E-state index contributed by atoms with van der Waals surface area (Å²) in [5, 5.41) is 20.9. The lowest BCUT2D eigenvalue weighted by Crippen LogP contribution is -2.25. The average molecular weight is 231 g/mol. The summed E-state index contributed by atoms with van der Waals surface area (Å²) in [6.45, 7) is 0. The van der Waals surface area contributed by atoms with Gasteiger partial charge in [-0.2, -0.15) is 5.26 Å². The van der Waals surface area contributed by atoms with E-state index >= 15 is 0 Å². The van der Waals surface area contributed by atoms with Crippen LogP contribution in [0.3, 0.4) is 0 Å². The minimum absolute atomic E-state index is 0.0738. The van der Waals surface area contributed by atoms with Crippen LogP contribution in [0.5, 0.6) is 0 Å². The molecule has 0 saturated heterocycles. The number of hydrogen-bond donors (Lipinski definition) is 2. The number of carboxylic acids is 1. The van der Waals surface area contributed by atoms with E-state index in [0.717, 1.165) is 12.8 Å². The van der Waals surface area contributed by atoms with E-state index in [1.807, 2.05) is 6.07 Å². The highest BCUT2D eigenvalue weighted by molar-refractivity contribution is 5.69. The first-order valence-electron chi connectivity index (χ1n) is 5.54. The molecular weight excluding hydrogens is 218 g/mol. The number of rotatable bonds is 5. The minimum Gasteiger partial charge on any atom is -0.481 e. The Morgan fingerprint density at radius 1 is 1.71 bits per heavy atom. The fourth-order valence-electron chi connectivity index (χ4n) is 1.83. The number of carboxylic acid groups (broad SMARTS) is 1. The van der Waals surface area contributed by atoms with Crippen LogP contribution in [0.15, 0.2) is 18.3 Å². The summed E-state index contributed by atoms with van der Waals surface area (Å²) in [7, 11) is 0. The van der Waals surface area contributed by atoms with Gasteiger partial charge in [0.1, 0.15) is 6.07 Å². The minimum atomic E-state index is -0.822. The van der Waals surface area contributed by atoms with E-state index in [0.29, 0.717) is 17.3 Å². The van der Waals surface area contributed by atoms with E-state index in [-0.39, 0.29) is 12.5 Å². The lowest BCUT2D eigenvalue weighted by atomic mass is 10.1. The predicted octanol–water partition coefficient (Wildman–Crippen LogP) is 1.62. The van der Waals surface area contributed by atoms with Crippen molar-refractivity contribution in [2.75, 3.05) is 5.32 Å². The molecule has 1 saturated carbocycles. The molecule has 2 rings (SSSR count). The second-order valence-corrected chi connectivity index (χ2v) is 4.20. The number of nitrogens with zero attached hydrogens (tertiary/aromatic N) is 2. The van der Waals surface area contributed by atoms with Crippen molar-refractivity contribution in [2.24, 2.45) is 5.92 Å². The molecule has 1 aliphatic rings. The van der Waals surface area contributed by atoms with Crippen LogP contribution in [0.2, 0.25) is 0 Å². The van der Waals surface area contributed by atoms with Crippen LogP contribution in [0.1, 0.15) is 25.0 Å². The SMILES string of the molecule is N#Cc1ncccc1NC(CC(=O)O)C1CC1. The summed E-state index contributed by atoms with van der Waals surface area (Å²) in [6, 6.07) is 5.37. The van der Waals surface area contributed by atoms with Crippen LogP contribution >= 0.6 is 0 Å². The largest absolute Gasteiger partial charge is 0.481 e. The van der Waals surface area contributed by atoms with Crippen molar-refractivity contribution < 1.29 is 9.90 Å². The number of nitrogens with one attached hydrogen (secondary N) is 1. The zero-order valence-corrected chi connectivity index (χ0v) is 9.26. The summed E-state index contributed by atoms with van der Waals surface area (Å²) in [5.74, 6) is -0.422. The number of carbonyl (C=O) groups is 1. The molecular formula is C12H13N3O2. The van der Waals surface area contributed by atoms with Crippen molar-refractivity contribution in [1.82, 2.24) is 4.98 Å². The molecule has 1 aliphatic carbocycles. The van der Waals surface area contributed by atoms with Crippen molar-refractivity contribution in [2.45, 2.75) is 25.3 Å². The molecule has 1 atom stereocenters. The van der Waals surface area contributed by atoms with Gasteiger partial charge in [-0.1, -0.05) is 0 Å². The molecule has 0 aliphatic heterocycles. The molecule has 5 heteroatoms. The lowest BCUT2D eigenvalue weighted by Gasteiger charge is -2.17. The van der Waals surface area contributed by atoms with E-state index in [4.69, 9.17) is 10.4 Å². The summed E-state index contributed by atoms with van der Waals surface area (Å²) in [5.41, 5.74) is 0.927. The number of aromatic nitrogens is 1. The van der Waals surface area contributed by atoms with Crippen molar-refractivity contribution >= 4 is 11.7 Å². The Kier molecular flexibility index (Phi) is 3.24. The van der Waals surface area contributed by atoms with Gasteiger partial charge in [-0.25, -0.2) is 4.98 Å². The maximum Gasteiger partial charge on any atom is 0.305 e. The quantitative estimate of drug-likeness (QED) is 0.804. The van der Waals surface area contributed by atoms with Gasteiger partial charge >= 0.3 is 5.97 Å². The van der Waals surface area contributed by atoms with Gasteiger partial charge in [0.15, 0.2) is 5.69 Å². The van der Waals surface area contributed by atoms with Gasteiger partial charge in [-0.3, -0.25) is 4.79 Å². The molecule has 0 aromatic carbocycles. The highest BCUT2D eigenvalue weighted by Crippen LogP contribution is 2.35. The van der Waals surface area contributed by atoms with E-state index < -0.39 is 5.97 Å². The molecule has 17 heavy (non-hydrogen) atoms. The summed E-state index contributed by atoms with van der Waals surface area (Å²) >= 11 is 0. The predicted molar refractivity (Wildman–Crippen MR) is 61.3 cm³/mol. The Labute approximate surface area is 99.1 Å². The molecule has 0 amide bonds. The molecule has 5 nitrogen and oxygen atoms in total. The molecule has 0 radical (unpaired) electrons. The summed E-state index contributed by atoms with van der Waals surface area (Å²) < 4.78 is 0. The Bertz CT molecular complexity index is 463. The zero-order valence-electron chi connectivity index (χ0n) is 9.26. The van der Waals surface area contributed by atoms with E-state index in [1.54, 1.807) is 18.3 Å². The topological polar surface area (TPSA) is 86.0 Å². The third-order valence-electron chi connectivity index (χ3n) is 2.84. The number of nitriles is 1. The van der Waals surface area contributed by atoms with E-state index in [1.165, 1.54) is 0 Å². The average Bonchev–Trinajstić information content (AvgIpc) is 3.12. The van der Waals surface area contributed by atoms with Gasteiger partial charge in [0, 0.05) is 12.2 Å². The van der Waals surface area contributed by atoms with Crippen LogP contribution in [-0.4, -0.2) is 22.1 Å². The van der Waals surface area contributed by atoms with E-state index in [9.17, 15) is 4.79 Å². The molecule has 1 unspecified atom stereocenters. The standard InChI is InChI=1S/C12H13N3O2/c13-7-11-9(2-1-5-14-11)15-10(6-12(16)17)8-3-4-8/h1-2,5,8,10,15H,3-4,6H2,(H,16,17). The number of aliphatic carboxylic acids is 1. The summed E-state index contributed by atoms with van der Waals surface area (Å²) in [6.07, 6.45) is 3.72. The fourth-order valence-corrected chi connectivity index (χ4v) is 1.83. The highest BCUT2D eigenvalue weighted by Gasteiger charge is 2.33. The number of anilines is 1. The Balaban J connectivity index is 2.11. The van der Waals surface area contributed by atoms with Crippen molar-refractivity contribution in [3.8, 4) is 6.07 Å². The van der Waals surface area contributed by atoms with Crippen LogP contribution in [-0.2, 0) is 4.79 Å². The molecule has 1 aromatic rings. The van der Waals surface area contributed by atoms with Gasteiger partial charge in [-0.05, 0) is 30.9 Å². The van der Waals surface area contributed by atoms with Gasteiger partial charge in [-0.15, -0.1) is 0 Å². The van der Waals surface area contributed by atoms with Gasteiger partial charge in [0.05, 0.1) is 12.1 Å². The fraction of sp³-hybridized carbons (Fsp3) is 0.417. The zero-order chi connectivity index (χ0) is 12.3. The first-order valence-corrected chi connectivity index (χ1v) is 5.54. The maximum atomic E-state index is 10.8. The van der Waals surface area contributed by atoms with Crippen molar-refractivity contribution in [1.29, 1.82) is 5.26 Å². The smallest absolute Gasteiger partial charge is 0.305 e. The molecule has 1 aromatic heterocycles. The number of pyridine rings is 1. The van der Waals surface area contributed by atoms with Crippen LogP contribution in [0.25, 0.3) is 0 Å². The van der Waals surface area contributed by atoms with Crippen LogP contribution in [0.4, 0.5) is 5.69 Å². The number of hydrogen-bond acceptors (Lipinski definition) is 4. The first kappa shape index (κ1) is 11.4. The molecule has 2 N–H and O–H groups in total. The Hall–Kier alpha value is -2.09. The van der Waals surface area contributed by atoms with Crippen molar-refractivity contribution in [3.05, 3.63) is 24.0 Å². The van der Waals surface area contributed by atoms with Crippen LogP contribution in [0, 0.1) is 17.2 Å². The first-order chi connectivity index (χ1) is 8.20. The monoisotopic (exact) mass is 231 g/mol. The highest BCUT2D eigenvalue weighted by atomic mass is 16.4. The molecule has 0 spiro atoms. The molecule has 1 fully saturated rings. The third-order valence-corrected chi connectivity index (χ3v) is 2.84. The molecule has 1 heterocycles. The molecule has 88 valence electrons. The maximum absolute atomic E-state index is 10.8. The second-order valence-electron chi connectivity index (χ2n) is 4.20. The van der Waals surface area contributed by atoms with Gasteiger partial charge in [0.2, 0.25) is 0 Å². The van der Waals surface area contributed by atoms with Crippen molar-refractivity contribution in [3.63, 3.8) is 0 Å². The van der Waals surface area contributed by atoms with Crippen LogP contribution < -0.4 is 5.32 Å². The molecule has 0 bridgehead atoms. The lowest BCUT2D eigenvalue weighted by molar-refractivity contribution is -0.137. The summed E-state index contributed by atoms with van der Waals surface area (Å²) in [4.78, 5) is 14.7. The third kappa shape index (κ3) is 2.94. The second kappa shape index (κ2) is 4.83. The normalized spacial score (nSPS) is 15.9. The van der Waals surface area contributed by atoms with E-state index in [2.05, 4.69) is 10.3 Å². The van der Waals surface area contributed by atoms with Gasteiger partial charge < -0.3 is 10.4 Å². The Morgan fingerprint density at radius 2 is 2.47 bits per heavy atom.